The van der Waals surface area contributed by atoms with E-state index in [9.17, 15) is 17.9 Å². The third-order valence-corrected chi connectivity index (χ3v) is 8.04. The highest BCUT2D eigenvalue weighted by Gasteiger charge is 2.54. The van der Waals surface area contributed by atoms with Gasteiger partial charge in [0.15, 0.2) is 9.84 Å². The Balaban J connectivity index is 1.53. The van der Waals surface area contributed by atoms with Crippen LogP contribution in [0.2, 0.25) is 0 Å². The maximum absolute atomic E-state index is 13.3. The summed E-state index contributed by atoms with van der Waals surface area (Å²) in [5.74, 6) is 5.69. The van der Waals surface area contributed by atoms with E-state index in [4.69, 9.17) is 0 Å². The first-order valence-electron chi connectivity index (χ1n) is 10.7. The van der Waals surface area contributed by atoms with E-state index in [1.54, 1.807) is 41.2 Å². The van der Waals surface area contributed by atoms with Gasteiger partial charge in [0.05, 0.1) is 22.5 Å². The summed E-state index contributed by atoms with van der Waals surface area (Å²) in [4.78, 5) is 0.159. The quantitative estimate of drug-likeness (QED) is 0.586. The smallest absolute Gasteiger partial charge is 0.176 e. The molecular formula is C26H23FN2O3S. The van der Waals surface area contributed by atoms with E-state index in [-0.39, 0.29) is 10.7 Å². The minimum absolute atomic E-state index is 0.159. The average molecular weight is 463 g/mol. The van der Waals surface area contributed by atoms with Gasteiger partial charge in [-0.3, -0.25) is 0 Å². The molecule has 1 saturated carbocycles. The van der Waals surface area contributed by atoms with E-state index >= 15 is 0 Å². The van der Waals surface area contributed by atoms with Crippen molar-refractivity contribution in [2.45, 2.75) is 36.7 Å². The molecule has 2 aliphatic rings. The Morgan fingerprint density at radius 3 is 2.61 bits per heavy atom. The van der Waals surface area contributed by atoms with E-state index in [1.807, 2.05) is 6.92 Å². The molecular weight excluding hydrogens is 439 g/mol. The van der Waals surface area contributed by atoms with Gasteiger partial charge in [-0.25, -0.2) is 17.5 Å². The van der Waals surface area contributed by atoms with Crippen LogP contribution in [0.3, 0.4) is 0 Å². The van der Waals surface area contributed by atoms with Crippen molar-refractivity contribution in [2.24, 2.45) is 5.41 Å². The van der Waals surface area contributed by atoms with Crippen LogP contribution in [0, 0.1) is 23.1 Å². The van der Waals surface area contributed by atoms with Crippen LogP contribution in [-0.4, -0.2) is 35.2 Å². The number of hydrogen-bond acceptors (Lipinski definition) is 4. The molecule has 5 nitrogen and oxygen atoms in total. The fraction of sp³-hybridized carbons (Fsp3) is 0.269. The molecule has 168 valence electrons. The third kappa shape index (κ3) is 3.50. The lowest BCUT2D eigenvalue weighted by atomic mass is 9.67. The van der Waals surface area contributed by atoms with Gasteiger partial charge < -0.3 is 5.11 Å². The number of benzene rings is 2. The van der Waals surface area contributed by atoms with Gasteiger partial charge in [-0.05, 0) is 67.3 Å². The number of rotatable bonds is 2. The van der Waals surface area contributed by atoms with E-state index in [2.05, 4.69) is 23.0 Å². The first-order chi connectivity index (χ1) is 15.6. The predicted octanol–water partition coefficient (Wildman–Crippen LogP) is 3.94. The Labute approximate surface area is 192 Å². The van der Waals surface area contributed by atoms with Gasteiger partial charge >= 0.3 is 0 Å². The van der Waals surface area contributed by atoms with Crippen molar-refractivity contribution < 1.29 is 17.9 Å². The molecule has 2 aromatic carbocycles. The zero-order valence-corrected chi connectivity index (χ0v) is 19.2. The van der Waals surface area contributed by atoms with Crippen LogP contribution < -0.4 is 0 Å². The zero-order valence-electron chi connectivity index (χ0n) is 18.3. The zero-order chi connectivity index (χ0) is 23.4. The van der Waals surface area contributed by atoms with Crippen molar-refractivity contribution >= 4 is 15.9 Å². The van der Waals surface area contributed by atoms with Crippen molar-refractivity contribution in [3.05, 3.63) is 82.9 Å². The average Bonchev–Trinajstić information content (AvgIpc) is 3.29. The normalized spacial score (nSPS) is 23.8. The molecule has 0 aliphatic heterocycles. The number of hydrogen-bond donors (Lipinski definition) is 1. The van der Waals surface area contributed by atoms with E-state index in [1.165, 1.54) is 18.2 Å². The number of sulfone groups is 1. The molecule has 0 bridgehead atoms. The Morgan fingerprint density at radius 1 is 1.15 bits per heavy atom. The van der Waals surface area contributed by atoms with Crippen LogP contribution in [0.15, 0.2) is 65.2 Å². The van der Waals surface area contributed by atoms with Crippen molar-refractivity contribution in [3.63, 3.8) is 0 Å². The first-order valence-corrected chi connectivity index (χ1v) is 12.6. The summed E-state index contributed by atoms with van der Waals surface area (Å²) in [6.45, 7) is 2.00. The first kappa shape index (κ1) is 21.6. The van der Waals surface area contributed by atoms with Gasteiger partial charge in [-0.2, -0.15) is 5.10 Å². The van der Waals surface area contributed by atoms with Gasteiger partial charge in [0.1, 0.15) is 11.4 Å². The Hall–Kier alpha value is -3.21. The van der Waals surface area contributed by atoms with Gasteiger partial charge in [-0.15, -0.1) is 0 Å². The molecule has 0 amide bonds. The molecule has 0 radical (unpaired) electrons. The fourth-order valence-corrected chi connectivity index (χ4v) is 5.75. The summed E-state index contributed by atoms with van der Waals surface area (Å²) in [5.41, 5.74) is 2.20. The minimum atomic E-state index is -3.43. The minimum Gasteiger partial charge on any atom is -0.377 e. The molecule has 1 aromatic heterocycles. The Kier molecular flexibility index (Phi) is 4.85. The topological polar surface area (TPSA) is 72.2 Å². The van der Waals surface area contributed by atoms with Crippen molar-refractivity contribution in [1.29, 1.82) is 0 Å². The summed E-state index contributed by atoms with van der Waals surface area (Å²) in [5, 5.41) is 16.1. The second kappa shape index (κ2) is 7.41. The van der Waals surface area contributed by atoms with Gasteiger partial charge in [-0.1, -0.05) is 36.5 Å². The second-order valence-corrected chi connectivity index (χ2v) is 11.0. The fourth-order valence-electron chi connectivity index (χ4n) is 4.90. The van der Waals surface area contributed by atoms with Crippen LogP contribution in [0.1, 0.15) is 36.6 Å². The monoisotopic (exact) mass is 462 g/mol. The molecule has 1 unspecified atom stereocenters. The maximum Gasteiger partial charge on any atom is 0.176 e. The Bertz CT molecular complexity index is 1460. The molecule has 3 aromatic rings. The molecule has 0 spiro atoms. The lowest BCUT2D eigenvalue weighted by Gasteiger charge is -2.39. The molecule has 7 heteroatoms. The third-order valence-electron chi connectivity index (χ3n) is 6.88. The van der Waals surface area contributed by atoms with Crippen LogP contribution in [0.25, 0.3) is 11.8 Å². The van der Waals surface area contributed by atoms with Gasteiger partial charge in [0.25, 0.3) is 0 Å². The molecule has 2 atom stereocenters. The van der Waals surface area contributed by atoms with Gasteiger partial charge in [0.2, 0.25) is 0 Å². The summed E-state index contributed by atoms with van der Waals surface area (Å²) in [6, 6.07) is 12.8. The largest absolute Gasteiger partial charge is 0.377 e. The van der Waals surface area contributed by atoms with E-state index < -0.39 is 20.9 Å². The SMILES string of the molecule is CC12Cc3cnn(-c4ccc(F)cc4)c3C=C1CC[C@@]2(O)C#Cc1ccccc1S(C)(=O)=O. The molecule has 1 N–H and O–H groups in total. The number of fused-ring (bicyclic) bond motifs is 2. The molecule has 5 rings (SSSR count). The lowest BCUT2D eigenvalue weighted by Crippen LogP contribution is -2.44. The van der Waals surface area contributed by atoms with E-state index in [0.717, 1.165) is 28.8 Å². The van der Waals surface area contributed by atoms with Gasteiger partial charge in [0, 0.05) is 17.2 Å². The van der Waals surface area contributed by atoms with Crippen molar-refractivity contribution in [3.8, 4) is 17.5 Å². The molecule has 0 saturated heterocycles. The lowest BCUT2D eigenvalue weighted by molar-refractivity contribution is 0.0153. The van der Waals surface area contributed by atoms with Crippen LogP contribution in [0.5, 0.6) is 0 Å². The van der Waals surface area contributed by atoms with Crippen molar-refractivity contribution in [1.82, 2.24) is 9.78 Å². The highest BCUT2D eigenvalue weighted by atomic mass is 32.2. The Morgan fingerprint density at radius 2 is 1.88 bits per heavy atom. The number of halogens is 1. The van der Waals surface area contributed by atoms with Crippen LogP contribution in [-0.2, 0) is 16.3 Å². The number of aliphatic hydroxyl groups is 1. The predicted molar refractivity (Wildman–Crippen MR) is 124 cm³/mol. The molecule has 33 heavy (non-hydrogen) atoms. The number of aromatic nitrogens is 2. The highest BCUT2D eigenvalue weighted by Crippen LogP contribution is 2.55. The molecule has 1 fully saturated rings. The maximum atomic E-state index is 13.3. The van der Waals surface area contributed by atoms with Crippen LogP contribution >= 0.6 is 0 Å². The summed E-state index contributed by atoms with van der Waals surface area (Å²) in [7, 11) is -3.43. The molecule has 1 heterocycles. The summed E-state index contributed by atoms with van der Waals surface area (Å²) < 4.78 is 39.4. The second-order valence-electron chi connectivity index (χ2n) is 9.00. The summed E-state index contributed by atoms with van der Waals surface area (Å²) >= 11 is 0. The highest BCUT2D eigenvalue weighted by molar-refractivity contribution is 7.90. The summed E-state index contributed by atoms with van der Waals surface area (Å²) in [6.07, 6.45) is 6.67. The van der Waals surface area contributed by atoms with Crippen molar-refractivity contribution in [2.75, 3.05) is 6.26 Å². The molecule has 2 aliphatic carbocycles. The number of nitrogens with zero attached hydrogens (tertiary/aromatic N) is 2. The standard InChI is InChI=1S/C26H23FN2O3S/c1-25-16-19-17-28-29(22-9-7-21(27)8-10-22)23(19)15-20(25)12-14-26(25,30)13-11-18-5-3-4-6-24(18)33(2,31)32/h3-10,15,17,30H,12,14,16H2,1-2H3/t25?,26-/m0/s1. The van der Waals surface area contributed by atoms with E-state index in [0.29, 0.717) is 24.8 Å². The van der Waals surface area contributed by atoms with Crippen LogP contribution in [0.4, 0.5) is 4.39 Å².